The molecule has 0 atom stereocenters. The smallest absolute Gasteiger partial charge is 0.348 e. The summed E-state index contributed by atoms with van der Waals surface area (Å²) in [5.74, 6) is -3.67. The summed E-state index contributed by atoms with van der Waals surface area (Å²) in [5.41, 5.74) is 0. The third-order valence-corrected chi connectivity index (χ3v) is 2.94. The van der Waals surface area contributed by atoms with Crippen molar-refractivity contribution in [1.82, 2.24) is 5.32 Å². The monoisotopic (exact) mass is 335 g/mol. The average molecular weight is 335 g/mol. The van der Waals surface area contributed by atoms with E-state index in [4.69, 9.17) is 0 Å². The van der Waals surface area contributed by atoms with Gasteiger partial charge >= 0.3 is 18.3 Å². The van der Waals surface area contributed by atoms with E-state index in [1.165, 1.54) is 0 Å². The quantitative estimate of drug-likeness (QED) is 0.486. The Balaban J connectivity index is 3.38. The number of hydrogen-bond acceptors (Lipinski definition) is 2. The molecule has 0 aromatic heterocycles. The van der Waals surface area contributed by atoms with Crippen LogP contribution in [0.15, 0.2) is 0 Å². The Hall–Kier alpha value is -1.28. The van der Waals surface area contributed by atoms with Crippen LogP contribution in [0, 0.1) is 0 Å². The second-order valence-corrected chi connectivity index (χ2v) is 4.90. The van der Waals surface area contributed by atoms with Gasteiger partial charge in [-0.2, -0.15) is 26.3 Å². The fraction of sp³-hybridized carbons (Fsp3) is 0.846. The number of nitrogens with one attached hydrogen (secondary N) is 1. The van der Waals surface area contributed by atoms with Crippen LogP contribution in [0.2, 0.25) is 0 Å². The van der Waals surface area contributed by atoms with Crippen LogP contribution in [0.25, 0.3) is 0 Å². The highest BCUT2D eigenvalue weighted by molar-refractivity contribution is 5.83. The van der Waals surface area contributed by atoms with Crippen LogP contribution in [0.5, 0.6) is 0 Å². The number of carbonyl (C=O) groups excluding carboxylic acids is 2. The molecule has 0 spiro atoms. The topological polar surface area (TPSA) is 46.2 Å². The summed E-state index contributed by atoms with van der Waals surface area (Å²) in [6, 6.07) is 0. The standard InChI is InChI=1S/C13H19F6NO2/c14-12(15,16)10(21)8-6-4-2-1-3-5-7-9-20-11(22)13(17,18)19/h1-9H2,(H,20,22). The Bertz CT molecular complexity index is 317. The van der Waals surface area contributed by atoms with Gasteiger partial charge in [-0.05, 0) is 12.8 Å². The molecule has 0 heterocycles. The first-order valence-corrected chi connectivity index (χ1v) is 7.00. The summed E-state index contributed by atoms with van der Waals surface area (Å²) < 4.78 is 71.1. The van der Waals surface area contributed by atoms with Crippen molar-refractivity contribution in [2.24, 2.45) is 0 Å². The van der Waals surface area contributed by atoms with Crippen molar-refractivity contribution in [3.05, 3.63) is 0 Å². The lowest BCUT2D eigenvalue weighted by Gasteiger charge is -2.07. The van der Waals surface area contributed by atoms with Crippen molar-refractivity contribution in [3.8, 4) is 0 Å². The van der Waals surface area contributed by atoms with Gasteiger partial charge in [-0.1, -0.05) is 32.1 Å². The van der Waals surface area contributed by atoms with Gasteiger partial charge in [-0.3, -0.25) is 9.59 Å². The molecule has 0 unspecified atom stereocenters. The largest absolute Gasteiger partial charge is 0.471 e. The summed E-state index contributed by atoms with van der Waals surface area (Å²) >= 11 is 0. The Morgan fingerprint density at radius 2 is 1.14 bits per heavy atom. The summed E-state index contributed by atoms with van der Waals surface area (Å²) in [6.07, 6.45) is -6.30. The fourth-order valence-electron chi connectivity index (χ4n) is 1.74. The number of rotatable bonds is 10. The highest BCUT2D eigenvalue weighted by Crippen LogP contribution is 2.20. The zero-order chi connectivity index (χ0) is 17.2. The summed E-state index contributed by atoms with van der Waals surface area (Å²) in [5, 5.41) is 1.75. The number of amides is 1. The van der Waals surface area contributed by atoms with Crippen molar-refractivity contribution < 1.29 is 35.9 Å². The number of unbranched alkanes of at least 4 members (excludes halogenated alkanes) is 6. The zero-order valence-electron chi connectivity index (χ0n) is 11.9. The van der Waals surface area contributed by atoms with Crippen LogP contribution in [-0.2, 0) is 9.59 Å². The predicted molar refractivity (Wildman–Crippen MR) is 67.1 cm³/mol. The van der Waals surface area contributed by atoms with Gasteiger partial charge in [0, 0.05) is 13.0 Å². The van der Waals surface area contributed by atoms with Gasteiger partial charge in [-0.25, -0.2) is 0 Å². The molecule has 0 saturated heterocycles. The van der Waals surface area contributed by atoms with Crippen molar-refractivity contribution in [2.75, 3.05) is 6.54 Å². The van der Waals surface area contributed by atoms with Crippen LogP contribution < -0.4 is 5.32 Å². The van der Waals surface area contributed by atoms with Crippen molar-refractivity contribution in [1.29, 1.82) is 0 Å². The van der Waals surface area contributed by atoms with Crippen molar-refractivity contribution in [3.63, 3.8) is 0 Å². The Morgan fingerprint density at radius 3 is 1.59 bits per heavy atom. The summed E-state index contributed by atoms with van der Waals surface area (Å²) in [7, 11) is 0. The highest BCUT2D eigenvalue weighted by atomic mass is 19.4. The second-order valence-electron chi connectivity index (χ2n) is 4.90. The minimum atomic E-state index is -4.87. The SMILES string of the molecule is O=C(CCCCCCCCCNC(=O)C(F)(F)F)C(F)(F)F. The van der Waals surface area contributed by atoms with Crippen molar-refractivity contribution >= 4 is 11.7 Å². The van der Waals surface area contributed by atoms with E-state index >= 15 is 0 Å². The molecular formula is C13H19F6NO2. The van der Waals surface area contributed by atoms with Crippen LogP contribution >= 0.6 is 0 Å². The van der Waals surface area contributed by atoms with E-state index in [2.05, 4.69) is 0 Å². The third-order valence-electron chi connectivity index (χ3n) is 2.94. The van der Waals surface area contributed by atoms with E-state index in [-0.39, 0.29) is 13.0 Å². The van der Waals surface area contributed by atoms with Gasteiger partial charge in [0.1, 0.15) is 0 Å². The number of hydrogen-bond donors (Lipinski definition) is 1. The van der Waals surface area contributed by atoms with E-state index < -0.39 is 30.5 Å². The molecule has 1 amide bonds. The van der Waals surface area contributed by atoms with E-state index in [1.807, 2.05) is 0 Å². The molecule has 1 N–H and O–H groups in total. The van der Waals surface area contributed by atoms with E-state index in [1.54, 1.807) is 5.32 Å². The van der Waals surface area contributed by atoms with E-state index in [0.717, 1.165) is 12.8 Å². The van der Waals surface area contributed by atoms with E-state index in [9.17, 15) is 35.9 Å². The fourth-order valence-corrected chi connectivity index (χ4v) is 1.74. The molecule has 0 rings (SSSR count). The van der Waals surface area contributed by atoms with Gasteiger partial charge in [0.05, 0.1) is 0 Å². The molecule has 0 aromatic carbocycles. The summed E-state index contributed by atoms with van der Waals surface area (Å²) in [6.45, 7) is -0.0571. The van der Waals surface area contributed by atoms with Crippen LogP contribution in [0.3, 0.4) is 0 Å². The maximum Gasteiger partial charge on any atom is 0.471 e. The molecule has 0 aliphatic rings. The first-order chi connectivity index (χ1) is 10.0. The van der Waals surface area contributed by atoms with Gasteiger partial charge in [0.15, 0.2) is 0 Å². The lowest BCUT2D eigenvalue weighted by molar-refractivity contribution is -0.173. The molecule has 9 heteroatoms. The Labute approximate surface area is 124 Å². The minimum Gasteiger partial charge on any atom is -0.348 e. The Kier molecular flexibility index (Phi) is 9.12. The second kappa shape index (κ2) is 9.68. The molecule has 130 valence electrons. The molecule has 0 aliphatic heterocycles. The number of Topliss-reactive ketones (excluding diaryl/α,β-unsaturated/α-hetero) is 1. The van der Waals surface area contributed by atoms with Crippen molar-refractivity contribution in [2.45, 2.75) is 63.7 Å². The number of ketones is 1. The van der Waals surface area contributed by atoms with Crippen LogP contribution in [0.4, 0.5) is 26.3 Å². The lowest BCUT2D eigenvalue weighted by Crippen LogP contribution is -2.37. The number of carbonyl (C=O) groups is 2. The van der Waals surface area contributed by atoms with Crippen LogP contribution in [0.1, 0.15) is 51.4 Å². The molecule has 0 aromatic rings. The predicted octanol–water partition coefficient (Wildman–Crippen LogP) is 3.92. The molecule has 22 heavy (non-hydrogen) atoms. The molecule has 0 fully saturated rings. The van der Waals surface area contributed by atoms with Gasteiger partial charge in [-0.15, -0.1) is 0 Å². The normalized spacial score (nSPS) is 12.3. The van der Waals surface area contributed by atoms with Gasteiger partial charge < -0.3 is 5.32 Å². The molecule has 3 nitrogen and oxygen atoms in total. The average Bonchev–Trinajstić information content (AvgIpc) is 2.38. The third kappa shape index (κ3) is 10.4. The number of halogens is 6. The van der Waals surface area contributed by atoms with Crippen LogP contribution in [-0.4, -0.2) is 30.6 Å². The van der Waals surface area contributed by atoms with Gasteiger partial charge in [0.2, 0.25) is 5.78 Å². The first kappa shape index (κ1) is 20.7. The van der Waals surface area contributed by atoms with E-state index in [0.29, 0.717) is 25.7 Å². The molecule has 0 radical (unpaired) electrons. The Morgan fingerprint density at radius 1 is 0.682 bits per heavy atom. The number of alkyl halides is 6. The molecular weight excluding hydrogens is 316 g/mol. The minimum absolute atomic E-state index is 0.0571. The van der Waals surface area contributed by atoms with Gasteiger partial charge in [0.25, 0.3) is 0 Å². The molecule has 0 saturated carbocycles. The first-order valence-electron chi connectivity index (χ1n) is 7.00. The molecule has 0 bridgehead atoms. The lowest BCUT2D eigenvalue weighted by atomic mass is 10.1. The molecule has 0 aliphatic carbocycles. The zero-order valence-corrected chi connectivity index (χ0v) is 11.9. The highest BCUT2D eigenvalue weighted by Gasteiger charge is 2.38. The maximum absolute atomic E-state index is 11.9. The summed E-state index contributed by atoms with van der Waals surface area (Å²) in [4.78, 5) is 21.0. The maximum atomic E-state index is 11.9.